The number of rotatable bonds is 5. The highest BCUT2D eigenvalue weighted by Crippen LogP contribution is 2.41. The number of nitrogens with zero attached hydrogens (tertiary/aromatic N) is 2. The highest BCUT2D eigenvalue weighted by atomic mass is 14.7. The fourth-order valence-corrected chi connectivity index (χ4v) is 6.34. The van der Waals surface area contributed by atoms with Crippen LogP contribution in [-0.4, -0.2) is 4.98 Å². The molecule has 0 bridgehead atoms. The Bertz CT molecular complexity index is 2370. The van der Waals surface area contributed by atoms with Gasteiger partial charge >= 0.3 is 0 Å². The van der Waals surface area contributed by atoms with Crippen molar-refractivity contribution in [1.82, 2.24) is 4.98 Å². The number of benzene rings is 7. The predicted octanol–water partition coefficient (Wildman–Crippen LogP) is 11.6. The molecule has 2 nitrogen and oxygen atoms in total. The van der Waals surface area contributed by atoms with Crippen LogP contribution in [0.1, 0.15) is 5.56 Å². The van der Waals surface area contributed by atoms with E-state index in [1.54, 1.807) is 0 Å². The number of hydrogen-bond donors (Lipinski definition) is 0. The van der Waals surface area contributed by atoms with Gasteiger partial charge in [-0.25, -0.2) is 4.98 Å². The number of fused-ring (bicyclic) bond motifs is 3. The molecule has 46 heavy (non-hydrogen) atoms. The first-order chi connectivity index (χ1) is 22.7. The second-order valence-electron chi connectivity index (χ2n) is 11.5. The van der Waals surface area contributed by atoms with Gasteiger partial charge in [0.05, 0.1) is 22.8 Å². The average Bonchev–Trinajstić information content (AvgIpc) is 3.15. The van der Waals surface area contributed by atoms with E-state index in [9.17, 15) is 5.26 Å². The molecule has 0 saturated carbocycles. The van der Waals surface area contributed by atoms with Gasteiger partial charge in [-0.3, -0.25) is 0 Å². The molecule has 214 valence electrons. The van der Waals surface area contributed by atoms with Gasteiger partial charge in [-0.05, 0) is 74.2 Å². The largest absolute Gasteiger partial charge is 0.247 e. The normalized spacial score (nSPS) is 11.0. The Morgan fingerprint density at radius 3 is 1.37 bits per heavy atom. The third-order valence-corrected chi connectivity index (χ3v) is 8.74. The van der Waals surface area contributed by atoms with Crippen molar-refractivity contribution >= 4 is 21.7 Å². The number of pyridine rings is 1. The van der Waals surface area contributed by atoms with Crippen LogP contribution >= 0.6 is 0 Å². The fourth-order valence-electron chi connectivity index (χ4n) is 6.34. The summed E-state index contributed by atoms with van der Waals surface area (Å²) in [5, 5.41) is 12.7. The molecule has 0 spiro atoms. The minimum atomic E-state index is 0.651. The summed E-state index contributed by atoms with van der Waals surface area (Å²) in [5.74, 6) is 0. The van der Waals surface area contributed by atoms with E-state index in [1.165, 1.54) is 22.3 Å². The molecule has 8 rings (SSSR count). The van der Waals surface area contributed by atoms with Crippen molar-refractivity contribution in [3.63, 3.8) is 0 Å². The van der Waals surface area contributed by atoms with Crippen molar-refractivity contribution in [3.05, 3.63) is 175 Å². The third kappa shape index (κ3) is 5.01. The number of aromatic nitrogens is 1. The van der Waals surface area contributed by atoms with Crippen LogP contribution in [0.4, 0.5) is 0 Å². The molecule has 0 atom stereocenters. The van der Waals surface area contributed by atoms with Gasteiger partial charge < -0.3 is 0 Å². The Morgan fingerprint density at radius 1 is 0.370 bits per heavy atom. The van der Waals surface area contributed by atoms with Crippen LogP contribution in [0, 0.1) is 11.3 Å². The standard InChI is InChI=1S/C44H28N2/c45-29-30-15-17-35(18-16-30)40-27-42-41(36-23-19-33(20-24-36)31-9-3-1-4-10-31)28-43(46-44(42)39-14-8-7-13-38(39)40)37-25-21-34(22-26-37)32-11-5-2-6-12-32/h1-28H. The fraction of sp³-hybridized carbons (Fsp3) is 0. The lowest BCUT2D eigenvalue weighted by atomic mass is 9.90. The molecule has 1 aromatic heterocycles. The van der Waals surface area contributed by atoms with Crippen LogP contribution in [0.3, 0.4) is 0 Å². The lowest BCUT2D eigenvalue weighted by Gasteiger charge is -2.16. The van der Waals surface area contributed by atoms with E-state index in [-0.39, 0.29) is 0 Å². The maximum atomic E-state index is 9.40. The molecule has 0 N–H and O–H groups in total. The van der Waals surface area contributed by atoms with Crippen molar-refractivity contribution in [2.75, 3.05) is 0 Å². The first-order valence-electron chi connectivity index (χ1n) is 15.4. The number of nitriles is 1. The summed E-state index contributed by atoms with van der Waals surface area (Å²) in [6.07, 6.45) is 0. The molecule has 8 aromatic rings. The molecule has 0 aliphatic carbocycles. The van der Waals surface area contributed by atoms with E-state index < -0.39 is 0 Å². The maximum Gasteiger partial charge on any atom is 0.0991 e. The van der Waals surface area contributed by atoms with Gasteiger partial charge in [0, 0.05) is 16.3 Å². The Morgan fingerprint density at radius 2 is 0.804 bits per heavy atom. The summed E-state index contributed by atoms with van der Waals surface area (Å²) in [7, 11) is 0. The van der Waals surface area contributed by atoms with Crippen molar-refractivity contribution in [3.8, 4) is 61.8 Å². The van der Waals surface area contributed by atoms with E-state index in [0.717, 1.165) is 55.2 Å². The summed E-state index contributed by atoms with van der Waals surface area (Å²) < 4.78 is 0. The number of hydrogen-bond acceptors (Lipinski definition) is 2. The third-order valence-electron chi connectivity index (χ3n) is 8.74. The van der Waals surface area contributed by atoms with Crippen LogP contribution in [-0.2, 0) is 0 Å². The van der Waals surface area contributed by atoms with E-state index >= 15 is 0 Å². The first-order valence-corrected chi connectivity index (χ1v) is 15.4. The van der Waals surface area contributed by atoms with Crippen molar-refractivity contribution in [2.45, 2.75) is 0 Å². The van der Waals surface area contributed by atoms with E-state index in [0.29, 0.717) is 5.56 Å². The summed E-state index contributed by atoms with van der Waals surface area (Å²) in [6, 6.07) is 61.6. The molecule has 0 saturated heterocycles. The molecule has 0 fully saturated rings. The van der Waals surface area contributed by atoms with Gasteiger partial charge in [0.25, 0.3) is 0 Å². The van der Waals surface area contributed by atoms with E-state index in [2.05, 4.69) is 140 Å². The molecule has 0 aliphatic heterocycles. The average molecular weight is 585 g/mol. The van der Waals surface area contributed by atoms with Gasteiger partial charge in [-0.15, -0.1) is 0 Å². The van der Waals surface area contributed by atoms with Crippen LogP contribution < -0.4 is 0 Å². The highest BCUT2D eigenvalue weighted by molar-refractivity contribution is 6.16. The van der Waals surface area contributed by atoms with Crippen LogP contribution in [0.25, 0.3) is 77.4 Å². The SMILES string of the molecule is N#Cc1ccc(-c2cc3c(-c4ccc(-c5ccccc5)cc4)cc(-c4ccc(-c5ccccc5)cc4)nc3c3ccccc23)cc1. The lowest BCUT2D eigenvalue weighted by molar-refractivity contribution is 1.41. The van der Waals surface area contributed by atoms with Crippen LogP contribution in [0.2, 0.25) is 0 Å². The molecular formula is C44H28N2. The molecule has 2 heteroatoms. The molecule has 0 amide bonds. The van der Waals surface area contributed by atoms with Crippen LogP contribution in [0.15, 0.2) is 170 Å². The molecular weight excluding hydrogens is 556 g/mol. The van der Waals surface area contributed by atoms with Gasteiger partial charge in [0.2, 0.25) is 0 Å². The van der Waals surface area contributed by atoms with Crippen molar-refractivity contribution in [2.24, 2.45) is 0 Å². The zero-order valence-electron chi connectivity index (χ0n) is 25.1. The lowest BCUT2D eigenvalue weighted by Crippen LogP contribution is -1.93. The molecule has 0 unspecified atom stereocenters. The van der Waals surface area contributed by atoms with E-state index in [4.69, 9.17) is 4.98 Å². The van der Waals surface area contributed by atoms with Gasteiger partial charge in [0.1, 0.15) is 0 Å². The summed E-state index contributed by atoms with van der Waals surface area (Å²) in [5.41, 5.74) is 12.8. The van der Waals surface area contributed by atoms with Crippen molar-refractivity contribution in [1.29, 1.82) is 5.26 Å². The molecule has 7 aromatic carbocycles. The zero-order chi connectivity index (χ0) is 30.9. The second kappa shape index (κ2) is 11.7. The smallest absolute Gasteiger partial charge is 0.0991 e. The quantitative estimate of drug-likeness (QED) is 0.189. The van der Waals surface area contributed by atoms with Gasteiger partial charge in [0.15, 0.2) is 0 Å². The first kappa shape index (κ1) is 27.3. The van der Waals surface area contributed by atoms with E-state index in [1.807, 2.05) is 36.4 Å². The monoisotopic (exact) mass is 584 g/mol. The zero-order valence-corrected chi connectivity index (χ0v) is 25.1. The Hall–Kier alpha value is -6.30. The summed E-state index contributed by atoms with van der Waals surface area (Å²) in [4.78, 5) is 5.35. The minimum Gasteiger partial charge on any atom is -0.247 e. The Balaban J connectivity index is 1.35. The molecule has 0 radical (unpaired) electrons. The topological polar surface area (TPSA) is 36.7 Å². The molecule has 1 heterocycles. The summed E-state index contributed by atoms with van der Waals surface area (Å²) in [6.45, 7) is 0. The van der Waals surface area contributed by atoms with Gasteiger partial charge in [-0.1, -0.05) is 146 Å². The molecule has 0 aliphatic rings. The minimum absolute atomic E-state index is 0.651. The second-order valence-corrected chi connectivity index (χ2v) is 11.5. The highest BCUT2D eigenvalue weighted by Gasteiger charge is 2.16. The van der Waals surface area contributed by atoms with Gasteiger partial charge in [-0.2, -0.15) is 5.26 Å². The summed E-state index contributed by atoms with van der Waals surface area (Å²) >= 11 is 0. The van der Waals surface area contributed by atoms with Crippen LogP contribution in [0.5, 0.6) is 0 Å². The Kier molecular flexibility index (Phi) is 6.91. The Labute approximate surface area is 268 Å². The maximum absolute atomic E-state index is 9.40. The predicted molar refractivity (Wildman–Crippen MR) is 191 cm³/mol. The van der Waals surface area contributed by atoms with Crippen molar-refractivity contribution < 1.29 is 0 Å².